The molecular formula is C25H24N6OS. The number of anilines is 1. The average molecular weight is 457 g/mol. The first-order valence-electron chi connectivity index (χ1n) is 10.9. The Bertz CT molecular complexity index is 1350. The highest BCUT2D eigenvalue weighted by molar-refractivity contribution is 7.15. The second-order valence-corrected chi connectivity index (χ2v) is 9.06. The summed E-state index contributed by atoms with van der Waals surface area (Å²) in [5.41, 5.74) is 4.63. The van der Waals surface area contributed by atoms with Crippen LogP contribution in [-0.2, 0) is 6.42 Å². The molecule has 2 amide bonds. The number of thiophene rings is 1. The van der Waals surface area contributed by atoms with Crippen molar-refractivity contribution in [2.45, 2.75) is 33.4 Å². The van der Waals surface area contributed by atoms with Crippen LogP contribution in [0.15, 0.2) is 65.7 Å². The second-order valence-electron chi connectivity index (χ2n) is 7.94. The van der Waals surface area contributed by atoms with Crippen molar-refractivity contribution in [1.82, 2.24) is 20.1 Å². The van der Waals surface area contributed by atoms with Gasteiger partial charge in [0.2, 0.25) is 0 Å². The summed E-state index contributed by atoms with van der Waals surface area (Å²) in [6, 6.07) is 19.5. The molecule has 1 unspecified atom stereocenters. The SMILES string of the molecule is CCc1cc2c(s1)-n1c(C)nnc1C(NC(=O)Nc1cccc(C)c1)N=C2c1ccccc1. The van der Waals surface area contributed by atoms with Gasteiger partial charge in [0.05, 0.1) is 5.71 Å². The van der Waals surface area contributed by atoms with Crippen molar-refractivity contribution in [2.75, 3.05) is 5.32 Å². The molecule has 1 aliphatic rings. The molecule has 7 nitrogen and oxygen atoms in total. The van der Waals surface area contributed by atoms with Crippen molar-refractivity contribution in [1.29, 1.82) is 0 Å². The topological polar surface area (TPSA) is 84.2 Å². The zero-order chi connectivity index (χ0) is 22.9. The zero-order valence-corrected chi connectivity index (χ0v) is 19.5. The molecule has 5 rings (SSSR count). The zero-order valence-electron chi connectivity index (χ0n) is 18.7. The molecule has 4 aromatic rings. The molecule has 166 valence electrons. The van der Waals surface area contributed by atoms with Gasteiger partial charge in [-0.05, 0) is 44.0 Å². The van der Waals surface area contributed by atoms with Crippen LogP contribution in [0.3, 0.4) is 0 Å². The summed E-state index contributed by atoms with van der Waals surface area (Å²) in [5.74, 6) is 1.34. The van der Waals surface area contributed by atoms with E-state index in [1.165, 1.54) is 4.88 Å². The monoisotopic (exact) mass is 456 g/mol. The van der Waals surface area contributed by atoms with E-state index in [-0.39, 0.29) is 6.03 Å². The molecule has 0 radical (unpaired) electrons. The van der Waals surface area contributed by atoms with Gasteiger partial charge in [0.15, 0.2) is 12.0 Å². The van der Waals surface area contributed by atoms with E-state index < -0.39 is 6.17 Å². The third kappa shape index (κ3) is 4.05. The molecule has 2 aromatic heterocycles. The van der Waals surface area contributed by atoms with Gasteiger partial charge in [-0.15, -0.1) is 21.5 Å². The van der Waals surface area contributed by atoms with Crippen molar-refractivity contribution in [3.63, 3.8) is 0 Å². The van der Waals surface area contributed by atoms with Crippen LogP contribution < -0.4 is 10.6 Å². The third-order valence-electron chi connectivity index (χ3n) is 5.51. The molecule has 33 heavy (non-hydrogen) atoms. The summed E-state index contributed by atoms with van der Waals surface area (Å²) >= 11 is 1.71. The molecule has 0 fully saturated rings. The largest absolute Gasteiger partial charge is 0.321 e. The normalized spacial score (nSPS) is 14.6. The lowest BCUT2D eigenvalue weighted by Crippen LogP contribution is -2.33. The molecule has 0 bridgehead atoms. The molecule has 0 saturated heterocycles. The number of carbonyl (C=O) groups excluding carboxylic acids is 1. The Labute approximate surface area is 196 Å². The van der Waals surface area contributed by atoms with Crippen molar-refractivity contribution >= 4 is 28.8 Å². The molecule has 1 atom stereocenters. The minimum absolute atomic E-state index is 0.353. The van der Waals surface area contributed by atoms with Crippen LogP contribution in [0.1, 0.15) is 46.3 Å². The minimum Gasteiger partial charge on any atom is -0.309 e. The summed E-state index contributed by atoms with van der Waals surface area (Å²) < 4.78 is 2.01. The lowest BCUT2D eigenvalue weighted by Gasteiger charge is -2.15. The van der Waals surface area contributed by atoms with Crippen molar-refractivity contribution < 1.29 is 4.79 Å². The first-order valence-corrected chi connectivity index (χ1v) is 11.7. The number of fused-ring (bicyclic) bond motifs is 3. The summed E-state index contributed by atoms with van der Waals surface area (Å²) in [5, 5.41) is 15.6. The Morgan fingerprint density at radius 1 is 1.06 bits per heavy atom. The maximum atomic E-state index is 12.9. The molecule has 2 aromatic carbocycles. The van der Waals surface area contributed by atoms with Gasteiger partial charge in [0.25, 0.3) is 0 Å². The van der Waals surface area contributed by atoms with Gasteiger partial charge in [-0.3, -0.25) is 9.56 Å². The molecule has 0 spiro atoms. The number of urea groups is 1. The molecule has 2 N–H and O–H groups in total. The lowest BCUT2D eigenvalue weighted by atomic mass is 10.0. The van der Waals surface area contributed by atoms with Gasteiger partial charge in [0.1, 0.15) is 10.8 Å². The van der Waals surface area contributed by atoms with E-state index in [4.69, 9.17) is 4.99 Å². The fourth-order valence-electron chi connectivity index (χ4n) is 3.94. The number of hydrogen-bond donors (Lipinski definition) is 2. The van der Waals surface area contributed by atoms with E-state index in [0.717, 1.165) is 45.3 Å². The first kappa shape index (κ1) is 21.1. The third-order valence-corrected chi connectivity index (χ3v) is 6.78. The van der Waals surface area contributed by atoms with E-state index in [0.29, 0.717) is 5.82 Å². The molecule has 0 aliphatic carbocycles. The smallest absolute Gasteiger partial charge is 0.309 e. The number of amides is 2. The van der Waals surface area contributed by atoms with Gasteiger partial charge >= 0.3 is 6.03 Å². The van der Waals surface area contributed by atoms with Crippen LogP contribution in [0.2, 0.25) is 0 Å². The Balaban J connectivity index is 1.59. The molecular weight excluding hydrogens is 432 g/mol. The predicted octanol–water partition coefficient (Wildman–Crippen LogP) is 5.18. The molecule has 0 saturated carbocycles. The van der Waals surface area contributed by atoms with Crippen molar-refractivity contribution in [3.8, 4) is 5.00 Å². The molecule has 3 heterocycles. The van der Waals surface area contributed by atoms with E-state index in [2.05, 4.69) is 33.8 Å². The molecule has 8 heteroatoms. The predicted molar refractivity (Wildman–Crippen MR) is 132 cm³/mol. The number of nitrogens with zero attached hydrogens (tertiary/aromatic N) is 4. The second kappa shape index (κ2) is 8.63. The van der Waals surface area contributed by atoms with Crippen LogP contribution in [0.5, 0.6) is 0 Å². The standard InChI is InChI=1S/C25H24N6OS/c1-4-19-14-20-21(17-10-6-5-7-11-17)27-22(23-30-29-16(3)31(23)24(20)33-19)28-25(32)26-18-12-8-9-15(2)13-18/h5-14,22H,4H2,1-3H3,(H2,26,28,32). The van der Waals surface area contributed by atoms with Gasteiger partial charge < -0.3 is 10.6 Å². The molecule has 1 aliphatic heterocycles. The van der Waals surface area contributed by atoms with Crippen molar-refractivity contribution in [3.05, 3.63) is 93.9 Å². The lowest BCUT2D eigenvalue weighted by molar-refractivity contribution is 0.248. The summed E-state index contributed by atoms with van der Waals surface area (Å²) in [6.45, 7) is 6.05. The highest BCUT2D eigenvalue weighted by Crippen LogP contribution is 2.35. The summed E-state index contributed by atoms with van der Waals surface area (Å²) in [7, 11) is 0. The summed E-state index contributed by atoms with van der Waals surface area (Å²) in [4.78, 5) is 19.2. The maximum absolute atomic E-state index is 12.9. The fourth-order valence-corrected chi connectivity index (χ4v) is 5.09. The Morgan fingerprint density at radius 3 is 2.64 bits per heavy atom. The van der Waals surface area contributed by atoms with E-state index in [9.17, 15) is 4.79 Å². The van der Waals surface area contributed by atoms with Crippen molar-refractivity contribution in [2.24, 2.45) is 4.99 Å². The van der Waals surface area contributed by atoms with E-state index in [1.54, 1.807) is 11.3 Å². The quantitative estimate of drug-likeness (QED) is 0.444. The number of aliphatic imine (C=N–C) groups is 1. The fraction of sp³-hybridized carbons (Fsp3) is 0.200. The Kier molecular flexibility index (Phi) is 5.51. The number of benzene rings is 2. The van der Waals surface area contributed by atoms with Gasteiger partial charge in [0, 0.05) is 21.7 Å². The van der Waals surface area contributed by atoms with Crippen LogP contribution in [0.25, 0.3) is 5.00 Å². The van der Waals surface area contributed by atoms with E-state index in [1.807, 2.05) is 73.0 Å². The Hall–Kier alpha value is -3.78. The minimum atomic E-state index is -0.698. The first-order chi connectivity index (χ1) is 16.0. The van der Waals surface area contributed by atoms with Crippen LogP contribution in [0, 0.1) is 13.8 Å². The number of rotatable bonds is 4. The highest BCUT2D eigenvalue weighted by Gasteiger charge is 2.30. The van der Waals surface area contributed by atoms with Crippen LogP contribution >= 0.6 is 11.3 Å². The number of carbonyl (C=O) groups is 1. The number of aryl methyl sites for hydroxylation is 3. The Morgan fingerprint density at radius 2 is 1.88 bits per heavy atom. The average Bonchev–Trinajstić information content (AvgIpc) is 3.37. The van der Waals surface area contributed by atoms with Gasteiger partial charge in [-0.25, -0.2) is 4.79 Å². The summed E-state index contributed by atoms with van der Waals surface area (Å²) in [6.07, 6.45) is 0.229. The van der Waals surface area contributed by atoms with Crippen LogP contribution in [0.4, 0.5) is 10.5 Å². The number of aromatic nitrogens is 3. The van der Waals surface area contributed by atoms with Gasteiger partial charge in [-0.2, -0.15) is 0 Å². The van der Waals surface area contributed by atoms with E-state index >= 15 is 0 Å². The number of hydrogen-bond acceptors (Lipinski definition) is 5. The highest BCUT2D eigenvalue weighted by atomic mass is 32.1. The maximum Gasteiger partial charge on any atom is 0.321 e. The van der Waals surface area contributed by atoms with Crippen LogP contribution in [-0.4, -0.2) is 26.5 Å². The van der Waals surface area contributed by atoms with Gasteiger partial charge in [-0.1, -0.05) is 49.4 Å². The number of nitrogens with one attached hydrogen (secondary N) is 2.